The predicted molar refractivity (Wildman–Crippen MR) is 93.2 cm³/mol. The van der Waals surface area contributed by atoms with Crippen LogP contribution in [-0.2, 0) is 11.3 Å². The Morgan fingerprint density at radius 2 is 2.12 bits per heavy atom. The predicted octanol–water partition coefficient (Wildman–Crippen LogP) is 2.40. The van der Waals surface area contributed by atoms with E-state index in [9.17, 15) is 9.59 Å². The van der Waals surface area contributed by atoms with Crippen molar-refractivity contribution in [3.63, 3.8) is 0 Å². The maximum Gasteiger partial charge on any atom is 0.315 e. The Kier molecular flexibility index (Phi) is 5.02. The minimum Gasteiger partial charge on any atom is -0.359 e. The number of amides is 3. The van der Waals surface area contributed by atoms with Crippen molar-refractivity contribution in [3.8, 4) is 0 Å². The fourth-order valence-corrected chi connectivity index (χ4v) is 2.75. The van der Waals surface area contributed by atoms with Crippen LogP contribution in [0.1, 0.15) is 37.6 Å². The summed E-state index contributed by atoms with van der Waals surface area (Å²) < 4.78 is 5.18. The second kappa shape index (κ2) is 7.38. The van der Waals surface area contributed by atoms with E-state index in [-0.39, 0.29) is 30.4 Å². The summed E-state index contributed by atoms with van der Waals surface area (Å²) >= 11 is 0. The van der Waals surface area contributed by atoms with E-state index >= 15 is 0 Å². The van der Waals surface area contributed by atoms with Gasteiger partial charge in [-0.25, -0.2) is 4.79 Å². The van der Waals surface area contributed by atoms with Crippen molar-refractivity contribution in [2.75, 3.05) is 11.4 Å². The van der Waals surface area contributed by atoms with E-state index in [4.69, 9.17) is 4.52 Å². The number of hydrogen-bond donors (Lipinski definition) is 2. The van der Waals surface area contributed by atoms with Crippen molar-refractivity contribution in [1.82, 2.24) is 15.8 Å². The highest BCUT2D eigenvalue weighted by Gasteiger charge is 2.31. The van der Waals surface area contributed by atoms with Crippen LogP contribution in [0.25, 0.3) is 0 Å². The lowest BCUT2D eigenvalue weighted by molar-refractivity contribution is -0.117. The number of urea groups is 1. The molecule has 1 atom stereocenters. The van der Waals surface area contributed by atoms with Crippen molar-refractivity contribution in [2.24, 2.45) is 0 Å². The third kappa shape index (κ3) is 4.17. The summed E-state index contributed by atoms with van der Waals surface area (Å²) in [6.07, 6.45) is 0.294. The molecule has 1 aliphatic rings. The molecule has 0 unspecified atom stereocenters. The molecular formula is C18H22N4O3. The summed E-state index contributed by atoms with van der Waals surface area (Å²) in [5.74, 6) is 0.889. The zero-order valence-electron chi connectivity index (χ0n) is 14.4. The lowest BCUT2D eigenvalue weighted by atomic mass is 10.1. The first-order valence-corrected chi connectivity index (χ1v) is 8.38. The van der Waals surface area contributed by atoms with Crippen molar-refractivity contribution in [2.45, 2.75) is 38.8 Å². The molecule has 25 heavy (non-hydrogen) atoms. The first-order valence-electron chi connectivity index (χ1n) is 8.38. The standard InChI is InChI=1S/C18H22N4O3/c1-12(2)16-9-15(25-21-16)10-19-18(24)20-13-8-17(23)22(11-13)14-6-4-3-5-7-14/h3-7,9,12-13H,8,10-11H2,1-2H3,(H2,19,20,24)/t13-/m0/s1. The minimum absolute atomic E-state index is 0.00769. The average Bonchev–Trinajstić information content (AvgIpc) is 3.20. The summed E-state index contributed by atoms with van der Waals surface area (Å²) in [5, 5.41) is 9.52. The van der Waals surface area contributed by atoms with Gasteiger partial charge >= 0.3 is 6.03 Å². The summed E-state index contributed by atoms with van der Waals surface area (Å²) in [4.78, 5) is 25.9. The molecule has 0 saturated carbocycles. The molecule has 1 saturated heterocycles. The summed E-state index contributed by atoms with van der Waals surface area (Å²) in [6, 6.07) is 10.7. The van der Waals surface area contributed by atoms with Crippen molar-refractivity contribution >= 4 is 17.6 Å². The molecule has 2 heterocycles. The number of hydrogen-bond acceptors (Lipinski definition) is 4. The van der Waals surface area contributed by atoms with Crippen LogP contribution in [0, 0.1) is 0 Å². The monoisotopic (exact) mass is 342 g/mol. The molecule has 0 spiro atoms. The maximum absolute atomic E-state index is 12.1. The fraction of sp³-hybridized carbons (Fsp3) is 0.389. The van der Waals surface area contributed by atoms with Crippen LogP contribution in [-0.4, -0.2) is 29.7 Å². The van der Waals surface area contributed by atoms with Gasteiger partial charge < -0.3 is 20.1 Å². The van der Waals surface area contributed by atoms with Gasteiger partial charge in [0.15, 0.2) is 5.76 Å². The van der Waals surface area contributed by atoms with Gasteiger partial charge in [0.25, 0.3) is 0 Å². The zero-order valence-corrected chi connectivity index (χ0v) is 14.4. The van der Waals surface area contributed by atoms with E-state index in [2.05, 4.69) is 15.8 Å². The Bertz CT molecular complexity index is 742. The molecule has 2 N–H and O–H groups in total. The van der Waals surface area contributed by atoms with Crippen LogP contribution in [0.4, 0.5) is 10.5 Å². The molecular weight excluding hydrogens is 320 g/mol. The highest BCUT2D eigenvalue weighted by atomic mass is 16.5. The van der Waals surface area contributed by atoms with E-state index in [0.717, 1.165) is 11.4 Å². The summed E-state index contributed by atoms with van der Waals surface area (Å²) in [5.41, 5.74) is 1.71. The van der Waals surface area contributed by atoms with Gasteiger partial charge in [0.1, 0.15) is 0 Å². The Morgan fingerprint density at radius 1 is 1.36 bits per heavy atom. The quantitative estimate of drug-likeness (QED) is 0.873. The summed E-state index contributed by atoms with van der Waals surface area (Å²) in [7, 11) is 0. The largest absolute Gasteiger partial charge is 0.359 e. The molecule has 1 aromatic heterocycles. The highest BCUT2D eigenvalue weighted by molar-refractivity contribution is 5.96. The fourth-order valence-electron chi connectivity index (χ4n) is 2.75. The van der Waals surface area contributed by atoms with E-state index < -0.39 is 0 Å². The molecule has 1 aromatic carbocycles. The SMILES string of the molecule is CC(C)c1cc(CNC(=O)N[C@H]2CC(=O)N(c3ccccc3)C2)on1. The molecule has 0 aliphatic carbocycles. The number of carbonyl (C=O) groups excluding carboxylic acids is 2. The second-order valence-electron chi connectivity index (χ2n) is 6.44. The van der Waals surface area contributed by atoms with Gasteiger partial charge in [0, 0.05) is 24.7 Å². The number of para-hydroxylation sites is 1. The topological polar surface area (TPSA) is 87.5 Å². The van der Waals surface area contributed by atoms with E-state index in [1.807, 2.05) is 50.2 Å². The highest BCUT2D eigenvalue weighted by Crippen LogP contribution is 2.21. The third-order valence-electron chi connectivity index (χ3n) is 4.12. The Morgan fingerprint density at radius 3 is 2.80 bits per heavy atom. The number of benzene rings is 1. The minimum atomic E-state index is -0.324. The van der Waals surface area contributed by atoms with Crippen LogP contribution in [0.3, 0.4) is 0 Å². The Hall–Kier alpha value is -2.83. The zero-order chi connectivity index (χ0) is 17.8. The normalized spacial score (nSPS) is 17.2. The van der Waals surface area contributed by atoms with Gasteiger partial charge in [-0.15, -0.1) is 0 Å². The molecule has 1 fully saturated rings. The number of aromatic nitrogens is 1. The van der Waals surface area contributed by atoms with Crippen LogP contribution in [0.15, 0.2) is 40.9 Å². The van der Waals surface area contributed by atoms with Crippen LogP contribution in [0.5, 0.6) is 0 Å². The van der Waals surface area contributed by atoms with Crippen molar-refractivity contribution < 1.29 is 14.1 Å². The second-order valence-corrected chi connectivity index (χ2v) is 6.44. The van der Waals surface area contributed by atoms with Gasteiger partial charge in [-0.05, 0) is 18.1 Å². The number of nitrogens with one attached hydrogen (secondary N) is 2. The average molecular weight is 342 g/mol. The number of nitrogens with zero attached hydrogens (tertiary/aromatic N) is 2. The molecule has 1 aliphatic heterocycles. The smallest absolute Gasteiger partial charge is 0.315 e. The van der Waals surface area contributed by atoms with Crippen molar-refractivity contribution in [1.29, 1.82) is 0 Å². The number of rotatable bonds is 5. The van der Waals surface area contributed by atoms with Gasteiger partial charge in [0.05, 0.1) is 18.3 Å². The van der Waals surface area contributed by atoms with Crippen LogP contribution >= 0.6 is 0 Å². The maximum atomic E-state index is 12.1. The summed E-state index contributed by atoms with van der Waals surface area (Å²) in [6.45, 7) is 4.78. The molecule has 0 radical (unpaired) electrons. The first-order chi connectivity index (χ1) is 12.0. The lowest BCUT2D eigenvalue weighted by Crippen LogP contribution is -2.43. The number of anilines is 1. The van der Waals surface area contributed by atoms with Crippen LogP contribution < -0.4 is 15.5 Å². The molecule has 2 aromatic rings. The Balaban J connectivity index is 1.49. The van der Waals surface area contributed by atoms with Crippen molar-refractivity contribution in [3.05, 3.63) is 47.9 Å². The van der Waals surface area contributed by atoms with E-state index in [1.165, 1.54) is 0 Å². The molecule has 7 nitrogen and oxygen atoms in total. The third-order valence-corrected chi connectivity index (χ3v) is 4.12. The molecule has 132 valence electrons. The van der Waals surface area contributed by atoms with Gasteiger partial charge in [-0.3, -0.25) is 4.79 Å². The molecule has 3 amide bonds. The van der Waals surface area contributed by atoms with E-state index in [0.29, 0.717) is 18.7 Å². The van der Waals surface area contributed by atoms with Gasteiger partial charge in [-0.1, -0.05) is 37.2 Å². The number of carbonyl (C=O) groups is 2. The lowest BCUT2D eigenvalue weighted by Gasteiger charge is -2.17. The van der Waals surface area contributed by atoms with Gasteiger partial charge in [-0.2, -0.15) is 0 Å². The Labute approximate surface area is 146 Å². The molecule has 3 rings (SSSR count). The first kappa shape index (κ1) is 17.0. The molecule has 7 heteroatoms. The van der Waals surface area contributed by atoms with Crippen LogP contribution in [0.2, 0.25) is 0 Å². The van der Waals surface area contributed by atoms with Gasteiger partial charge in [0.2, 0.25) is 5.91 Å². The van der Waals surface area contributed by atoms with E-state index in [1.54, 1.807) is 4.90 Å². The molecule has 0 bridgehead atoms.